The first kappa shape index (κ1) is 26.1. The normalized spacial score (nSPS) is 12.9. The highest BCUT2D eigenvalue weighted by molar-refractivity contribution is 7.84. The lowest BCUT2D eigenvalue weighted by Crippen LogP contribution is -2.45. The standard InChI is InChI=1S/C23H37NO5S/c1-3-4-5-6-7-8-9-13-17-30(28)18-16-21(22(25)29-2)24(23(26)27)19-20-14-11-10-12-15-20/h10-12,14-15,21H,3-9,13,16-19H2,1-2H3,(H,26,27)/t21?,30-/m0/s1. The van der Waals surface area contributed by atoms with Crippen LogP contribution in [0.5, 0.6) is 0 Å². The van der Waals surface area contributed by atoms with Crippen LogP contribution in [0.15, 0.2) is 30.3 Å². The van der Waals surface area contributed by atoms with Gasteiger partial charge >= 0.3 is 12.1 Å². The van der Waals surface area contributed by atoms with E-state index in [9.17, 15) is 18.9 Å². The molecule has 0 bridgehead atoms. The molecule has 1 amide bonds. The number of benzene rings is 1. The van der Waals surface area contributed by atoms with E-state index >= 15 is 0 Å². The third-order valence-corrected chi connectivity index (χ3v) is 6.57. The van der Waals surface area contributed by atoms with Crippen LogP contribution in [0, 0.1) is 0 Å². The third kappa shape index (κ3) is 10.8. The lowest BCUT2D eigenvalue weighted by Gasteiger charge is -2.27. The first-order valence-corrected chi connectivity index (χ1v) is 12.4. The van der Waals surface area contributed by atoms with Gasteiger partial charge < -0.3 is 9.84 Å². The van der Waals surface area contributed by atoms with E-state index in [0.29, 0.717) is 5.75 Å². The minimum Gasteiger partial charge on any atom is -0.467 e. The van der Waals surface area contributed by atoms with Gasteiger partial charge in [-0.1, -0.05) is 82.2 Å². The van der Waals surface area contributed by atoms with Crippen molar-refractivity contribution < 1.29 is 23.6 Å². The fourth-order valence-corrected chi connectivity index (χ4v) is 4.59. The maximum atomic E-state index is 12.4. The molecule has 0 saturated carbocycles. The van der Waals surface area contributed by atoms with Gasteiger partial charge in [-0.25, -0.2) is 9.59 Å². The number of hydrogen-bond donors (Lipinski definition) is 1. The molecule has 2 atom stereocenters. The molecule has 1 rings (SSSR count). The van der Waals surface area contributed by atoms with E-state index in [1.54, 1.807) is 0 Å². The van der Waals surface area contributed by atoms with Crippen LogP contribution in [-0.4, -0.2) is 50.9 Å². The molecule has 6 nitrogen and oxygen atoms in total. The molecular weight excluding hydrogens is 402 g/mol. The average Bonchev–Trinajstić information content (AvgIpc) is 2.75. The second-order valence-electron chi connectivity index (χ2n) is 7.55. The number of esters is 1. The van der Waals surface area contributed by atoms with E-state index < -0.39 is 28.9 Å². The van der Waals surface area contributed by atoms with Crippen LogP contribution in [-0.2, 0) is 26.9 Å². The van der Waals surface area contributed by atoms with Gasteiger partial charge in [-0.3, -0.25) is 9.11 Å². The van der Waals surface area contributed by atoms with Gasteiger partial charge in [0, 0.05) is 28.9 Å². The third-order valence-electron chi connectivity index (χ3n) is 5.14. The molecule has 0 aliphatic rings. The number of carboxylic acid groups (broad SMARTS) is 1. The molecule has 0 heterocycles. The van der Waals surface area contributed by atoms with Crippen LogP contribution in [0.25, 0.3) is 0 Å². The molecule has 0 radical (unpaired) electrons. The summed E-state index contributed by atoms with van der Waals surface area (Å²) >= 11 is 0. The van der Waals surface area contributed by atoms with Crippen LogP contribution in [0.1, 0.15) is 70.3 Å². The molecule has 1 aromatic rings. The number of rotatable bonds is 16. The maximum absolute atomic E-state index is 12.4. The Kier molecular flexibility index (Phi) is 13.8. The van der Waals surface area contributed by atoms with Crippen molar-refractivity contribution in [2.75, 3.05) is 18.6 Å². The quantitative estimate of drug-likeness (QED) is 0.290. The number of methoxy groups -OCH3 is 1. The molecule has 1 unspecified atom stereocenters. The zero-order valence-corrected chi connectivity index (χ0v) is 19.2. The molecular formula is C23H37NO5S. The van der Waals surface area contributed by atoms with Crippen molar-refractivity contribution >= 4 is 22.9 Å². The average molecular weight is 440 g/mol. The molecule has 0 aliphatic heterocycles. The van der Waals surface area contributed by atoms with Crippen LogP contribution >= 0.6 is 0 Å². The molecule has 0 aliphatic carbocycles. The van der Waals surface area contributed by atoms with Gasteiger partial charge in [0.1, 0.15) is 6.04 Å². The molecule has 170 valence electrons. The smallest absolute Gasteiger partial charge is 0.408 e. The van der Waals surface area contributed by atoms with Crippen molar-refractivity contribution in [2.24, 2.45) is 0 Å². The Morgan fingerprint density at radius 2 is 1.60 bits per heavy atom. The summed E-state index contributed by atoms with van der Waals surface area (Å²) in [5.74, 6) is 0.265. The van der Waals surface area contributed by atoms with E-state index in [0.717, 1.165) is 29.7 Å². The van der Waals surface area contributed by atoms with Crippen molar-refractivity contribution in [3.63, 3.8) is 0 Å². The van der Waals surface area contributed by atoms with E-state index in [2.05, 4.69) is 6.92 Å². The molecule has 30 heavy (non-hydrogen) atoms. The Hall–Kier alpha value is -1.89. The summed E-state index contributed by atoms with van der Waals surface area (Å²) in [5, 5.41) is 9.63. The highest BCUT2D eigenvalue weighted by Gasteiger charge is 2.31. The Morgan fingerprint density at radius 1 is 1.00 bits per heavy atom. The number of ether oxygens (including phenoxy) is 1. The van der Waals surface area contributed by atoms with E-state index in [1.165, 1.54) is 39.2 Å². The van der Waals surface area contributed by atoms with Crippen molar-refractivity contribution in [1.29, 1.82) is 0 Å². The van der Waals surface area contributed by atoms with Crippen molar-refractivity contribution in [2.45, 2.75) is 77.3 Å². The number of nitrogens with zero attached hydrogens (tertiary/aromatic N) is 1. The summed E-state index contributed by atoms with van der Waals surface area (Å²) in [4.78, 5) is 25.1. The maximum Gasteiger partial charge on any atom is 0.408 e. The lowest BCUT2D eigenvalue weighted by molar-refractivity contribution is -0.146. The highest BCUT2D eigenvalue weighted by Crippen LogP contribution is 2.14. The molecule has 0 aromatic heterocycles. The number of hydrogen-bond acceptors (Lipinski definition) is 4. The number of unbranched alkanes of at least 4 members (excludes halogenated alkanes) is 7. The van der Waals surface area contributed by atoms with Crippen LogP contribution in [0.3, 0.4) is 0 Å². The summed E-state index contributed by atoms with van der Waals surface area (Å²) in [6.07, 6.45) is 8.45. The Labute approximate surface area is 183 Å². The number of carbonyl (C=O) groups excluding carboxylic acids is 1. The minimum atomic E-state index is -1.19. The first-order chi connectivity index (χ1) is 14.5. The predicted molar refractivity (Wildman–Crippen MR) is 121 cm³/mol. The van der Waals surface area contributed by atoms with Gasteiger partial charge in [0.2, 0.25) is 0 Å². The summed E-state index contributed by atoms with van der Waals surface area (Å²) in [5.41, 5.74) is 0.786. The second-order valence-corrected chi connectivity index (χ2v) is 9.24. The van der Waals surface area contributed by atoms with Crippen LogP contribution in [0.2, 0.25) is 0 Å². The van der Waals surface area contributed by atoms with Crippen LogP contribution in [0.4, 0.5) is 4.79 Å². The van der Waals surface area contributed by atoms with Gasteiger partial charge in [0.05, 0.1) is 7.11 Å². The SMILES string of the molecule is CCCCCCCCCC[S@](=O)CCC(C(=O)OC)N(Cc1ccccc1)C(=O)O. The molecule has 0 fully saturated rings. The first-order valence-electron chi connectivity index (χ1n) is 11.0. The van der Waals surface area contributed by atoms with E-state index in [-0.39, 0.29) is 18.7 Å². The summed E-state index contributed by atoms with van der Waals surface area (Å²) < 4.78 is 17.2. The van der Waals surface area contributed by atoms with Crippen molar-refractivity contribution in [1.82, 2.24) is 4.90 Å². The largest absolute Gasteiger partial charge is 0.467 e. The monoisotopic (exact) mass is 439 g/mol. The van der Waals surface area contributed by atoms with Gasteiger partial charge in [-0.05, 0) is 18.4 Å². The zero-order valence-electron chi connectivity index (χ0n) is 18.4. The van der Waals surface area contributed by atoms with Gasteiger partial charge in [0.25, 0.3) is 0 Å². The molecule has 0 saturated heterocycles. The second kappa shape index (κ2) is 15.9. The number of amides is 1. The number of carbonyl (C=O) groups is 2. The summed E-state index contributed by atoms with van der Waals surface area (Å²) in [7, 11) is 0.172. The summed E-state index contributed by atoms with van der Waals surface area (Å²) in [6, 6.07) is 8.15. The fourth-order valence-electron chi connectivity index (χ4n) is 3.37. The Balaban J connectivity index is 2.48. The van der Waals surface area contributed by atoms with E-state index in [4.69, 9.17) is 4.74 Å². The van der Waals surface area contributed by atoms with Crippen molar-refractivity contribution in [3.8, 4) is 0 Å². The summed E-state index contributed by atoms with van der Waals surface area (Å²) in [6.45, 7) is 2.29. The minimum absolute atomic E-state index is 0.0839. The molecule has 0 spiro atoms. The molecule has 1 N–H and O–H groups in total. The Morgan fingerprint density at radius 3 is 2.17 bits per heavy atom. The predicted octanol–water partition coefficient (Wildman–Crippen LogP) is 4.99. The molecule has 1 aromatic carbocycles. The molecule has 7 heteroatoms. The Bertz CT molecular complexity index is 638. The van der Waals surface area contributed by atoms with Gasteiger partial charge in [-0.15, -0.1) is 0 Å². The van der Waals surface area contributed by atoms with E-state index in [1.807, 2.05) is 30.3 Å². The van der Waals surface area contributed by atoms with Gasteiger partial charge in [0.15, 0.2) is 0 Å². The van der Waals surface area contributed by atoms with Crippen molar-refractivity contribution in [3.05, 3.63) is 35.9 Å². The van der Waals surface area contributed by atoms with Gasteiger partial charge in [-0.2, -0.15) is 0 Å². The topological polar surface area (TPSA) is 83.9 Å². The fraction of sp³-hybridized carbons (Fsp3) is 0.652. The van der Waals surface area contributed by atoms with Crippen LogP contribution < -0.4 is 0 Å². The highest BCUT2D eigenvalue weighted by atomic mass is 32.2. The zero-order chi connectivity index (χ0) is 22.2. The lowest BCUT2D eigenvalue weighted by atomic mass is 10.1.